The Balaban J connectivity index is 1.69. The van der Waals surface area contributed by atoms with Crippen molar-refractivity contribution >= 4 is 28.8 Å². The van der Waals surface area contributed by atoms with Gasteiger partial charge >= 0.3 is 6.09 Å². The van der Waals surface area contributed by atoms with Gasteiger partial charge in [-0.3, -0.25) is 9.59 Å². The minimum Gasteiger partial charge on any atom is -0.444 e. The number of nitrogens with one attached hydrogen (secondary N) is 3. The van der Waals surface area contributed by atoms with Gasteiger partial charge in [0.15, 0.2) is 0 Å². The molecule has 1 unspecified atom stereocenters. The van der Waals surface area contributed by atoms with Crippen LogP contribution in [0.4, 0.5) is 4.79 Å². The Labute approximate surface area is 219 Å². The van der Waals surface area contributed by atoms with Crippen molar-refractivity contribution in [3.05, 3.63) is 36.0 Å². The number of alkyl carbamates (subject to hydrolysis) is 1. The van der Waals surface area contributed by atoms with Crippen LogP contribution in [0, 0.1) is 18.3 Å². The van der Waals surface area contributed by atoms with Crippen molar-refractivity contribution in [1.29, 1.82) is 0 Å². The van der Waals surface area contributed by atoms with Gasteiger partial charge in [-0.25, -0.2) is 4.79 Å². The van der Waals surface area contributed by atoms with Crippen molar-refractivity contribution in [2.24, 2.45) is 5.92 Å². The Morgan fingerprint density at radius 3 is 2.65 bits per heavy atom. The molecule has 1 fully saturated rings. The molecule has 0 saturated carbocycles. The van der Waals surface area contributed by atoms with Crippen LogP contribution in [0.3, 0.4) is 0 Å². The van der Waals surface area contributed by atoms with E-state index >= 15 is 0 Å². The second kappa shape index (κ2) is 12.2. The molecule has 3 atom stereocenters. The molecule has 2 heterocycles. The molecule has 3 amide bonds. The molecule has 0 spiro atoms. The number of carbonyl (C=O) groups is 3. The number of hydrogen-bond donors (Lipinski definition) is 3. The number of aromatic nitrogens is 1. The first-order chi connectivity index (χ1) is 17.5. The van der Waals surface area contributed by atoms with Gasteiger partial charge in [-0.1, -0.05) is 32.0 Å². The van der Waals surface area contributed by atoms with Gasteiger partial charge in [-0.2, -0.15) is 0 Å². The third-order valence-corrected chi connectivity index (χ3v) is 6.67. The normalized spacial score (nSPS) is 17.3. The summed E-state index contributed by atoms with van der Waals surface area (Å²) in [4.78, 5) is 43.6. The Morgan fingerprint density at radius 1 is 1.24 bits per heavy atom. The lowest BCUT2D eigenvalue weighted by Gasteiger charge is -2.35. The predicted octanol–water partition coefficient (Wildman–Crippen LogP) is 4.32. The van der Waals surface area contributed by atoms with E-state index in [1.807, 2.05) is 43.1 Å². The van der Waals surface area contributed by atoms with Crippen LogP contribution in [0.1, 0.15) is 71.8 Å². The fourth-order valence-electron chi connectivity index (χ4n) is 5.00. The quantitative estimate of drug-likeness (QED) is 0.439. The van der Waals surface area contributed by atoms with Crippen LogP contribution in [0.25, 0.3) is 10.9 Å². The second-order valence-corrected chi connectivity index (χ2v) is 11.0. The molecule has 8 heteroatoms. The molecule has 37 heavy (non-hydrogen) atoms. The highest BCUT2D eigenvalue weighted by Gasteiger charge is 2.39. The summed E-state index contributed by atoms with van der Waals surface area (Å²) in [5, 5.41) is 6.61. The van der Waals surface area contributed by atoms with Gasteiger partial charge < -0.3 is 25.3 Å². The number of likely N-dealkylation sites (tertiary alicyclic amines) is 1. The maximum atomic E-state index is 13.8. The minimum absolute atomic E-state index is 0.00542. The van der Waals surface area contributed by atoms with Crippen molar-refractivity contribution in [2.75, 3.05) is 13.1 Å². The molecule has 0 radical (unpaired) electrons. The van der Waals surface area contributed by atoms with Crippen molar-refractivity contribution in [1.82, 2.24) is 20.5 Å². The van der Waals surface area contributed by atoms with Crippen LogP contribution < -0.4 is 10.6 Å². The van der Waals surface area contributed by atoms with Gasteiger partial charge in [-0.15, -0.1) is 12.3 Å². The lowest BCUT2D eigenvalue weighted by molar-refractivity contribution is -0.138. The number of amides is 3. The number of nitrogens with zero attached hydrogens (tertiary/aromatic N) is 1. The summed E-state index contributed by atoms with van der Waals surface area (Å²) in [5.41, 5.74) is 1.55. The Bertz CT molecular complexity index is 1140. The Kier molecular flexibility index (Phi) is 9.25. The van der Waals surface area contributed by atoms with E-state index < -0.39 is 17.7 Å². The Morgan fingerprint density at radius 2 is 1.97 bits per heavy atom. The van der Waals surface area contributed by atoms with Crippen LogP contribution >= 0.6 is 0 Å². The van der Waals surface area contributed by atoms with E-state index in [0.717, 1.165) is 29.3 Å². The van der Waals surface area contributed by atoms with Crippen LogP contribution in [-0.4, -0.2) is 58.6 Å². The Hall–Kier alpha value is -3.47. The summed E-state index contributed by atoms with van der Waals surface area (Å²) in [5.74, 6) is 2.33. The average Bonchev–Trinajstić information content (AvgIpc) is 3.47. The standard InChI is InChI=1S/C29H40N4O4/c1-7-11-21(22-18-31-23-13-9-8-12-20(22)23)24-14-10-17-33(24)27(35)26(19(2)3)32-25(34)15-16-30-28(36)37-29(4,5)6/h1,8-9,12-13,18-19,21,24,26,31H,10-11,14-17H2,2-6H3,(H,30,36)(H,32,34)/t21?,24-,26-/m0/s1. The van der Waals surface area contributed by atoms with E-state index in [1.54, 1.807) is 20.8 Å². The van der Waals surface area contributed by atoms with Gasteiger partial charge in [0.05, 0.1) is 0 Å². The van der Waals surface area contributed by atoms with E-state index in [0.29, 0.717) is 13.0 Å². The summed E-state index contributed by atoms with van der Waals surface area (Å²) >= 11 is 0. The fourth-order valence-corrected chi connectivity index (χ4v) is 5.00. The number of H-pyrrole nitrogens is 1. The molecule has 200 valence electrons. The predicted molar refractivity (Wildman–Crippen MR) is 145 cm³/mol. The highest BCUT2D eigenvalue weighted by molar-refractivity contribution is 5.89. The molecule has 2 aromatic rings. The molecule has 8 nitrogen and oxygen atoms in total. The van der Waals surface area contributed by atoms with Gasteiger partial charge in [0.1, 0.15) is 11.6 Å². The number of para-hydroxylation sites is 1. The molecule has 1 aromatic heterocycles. The first kappa shape index (κ1) is 28.1. The number of hydrogen-bond acceptors (Lipinski definition) is 4. The number of carbonyl (C=O) groups excluding carboxylic acids is 3. The van der Waals surface area contributed by atoms with E-state index in [9.17, 15) is 14.4 Å². The van der Waals surface area contributed by atoms with E-state index in [2.05, 4.69) is 27.6 Å². The molecule has 3 rings (SSSR count). The third kappa shape index (κ3) is 7.28. The molecular weight excluding hydrogens is 468 g/mol. The number of aromatic amines is 1. The van der Waals surface area contributed by atoms with Crippen molar-refractivity contribution < 1.29 is 19.1 Å². The SMILES string of the molecule is C#CCC(c1c[nH]c2ccccc12)[C@@H]1CCCN1C(=O)[C@@H](NC(=O)CCNC(=O)OC(C)(C)C)C(C)C. The number of terminal acetylenes is 1. The molecule has 1 aliphatic rings. The summed E-state index contributed by atoms with van der Waals surface area (Å²) in [7, 11) is 0. The zero-order chi connectivity index (χ0) is 27.2. The maximum Gasteiger partial charge on any atom is 0.407 e. The molecule has 3 N–H and O–H groups in total. The van der Waals surface area contributed by atoms with Crippen LogP contribution in [0.15, 0.2) is 30.5 Å². The molecule has 1 aliphatic heterocycles. The van der Waals surface area contributed by atoms with E-state index in [-0.39, 0.29) is 42.7 Å². The van der Waals surface area contributed by atoms with Crippen molar-refractivity contribution in [2.45, 2.75) is 83.9 Å². The molecule has 1 saturated heterocycles. The zero-order valence-corrected chi connectivity index (χ0v) is 22.6. The largest absolute Gasteiger partial charge is 0.444 e. The molecule has 1 aromatic carbocycles. The summed E-state index contributed by atoms with van der Waals surface area (Å²) in [6.07, 6.45) is 9.53. The fraction of sp³-hybridized carbons (Fsp3) is 0.552. The number of fused-ring (bicyclic) bond motifs is 1. The second-order valence-electron chi connectivity index (χ2n) is 11.0. The molecule has 0 aliphatic carbocycles. The third-order valence-electron chi connectivity index (χ3n) is 6.67. The van der Waals surface area contributed by atoms with E-state index in [1.165, 1.54) is 0 Å². The lowest BCUT2D eigenvalue weighted by Crippen LogP contribution is -2.53. The van der Waals surface area contributed by atoms with E-state index in [4.69, 9.17) is 11.2 Å². The van der Waals surface area contributed by atoms with Crippen molar-refractivity contribution in [3.63, 3.8) is 0 Å². The topological polar surface area (TPSA) is 104 Å². The van der Waals surface area contributed by atoms with Gasteiger partial charge in [0.25, 0.3) is 0 Å². The van der Waals surface area contributed by atoms with Crippen LogP contribution in [0.5, 0.6) is 0 Å². The molecular formula is C29H40N4O4. The first-order valence-electron chi connectivity index (χ1n) is 13.1. The monoisotopic (exact) mass is 508 g/mol. The van der Waals surface area contributed by atoms with Gasteiger partial charge in [0, 0.05) is 55.0 Å². The van der Waals surface area contributed by atoms with Crippen LogP contribution in [-0.2, 0) is 14.3 Å². The number of ether oxygens (including phenoxy) is 1. The van der Waals surface area contributed by atoms with Crippen LogP contribution in [0.2, 0.25) is 0 Å². The summed E-state index contributed by atoms with van der Waals surface area (Å²) in [6.45, 7) is 9.92. The highest BCUT2D eigenvalue weighted by atomic mass is 16.6. The highest BCUT2D eigenvalue weighted by Crippen LogP contribution is 2.37. The van der Waals surface area contributed by atoms with Gasteiger partial charge in [-0.05, 0) is 51.2 Å². The smallest absolute Gasteiger partial charge is 0.407 e. The lowest BCUT2D eigenvalue weighted by atomic mass is 9.86. The number of rotatable bonds is 9. The number of benzene rings is 1. The maximum absolute atomic E-state index is 13.8. The zero-order valence-electron chi connectivity index (χ0n) is 22.6. The summed E-state index contributed by atoms with van der Waals surface area (Å²) < 4.78 is 5.20. The summed E-state index contributed by atoms with van der Waals surface area (Å²) in [6, 6.07) is 7.40. The van der Waals surface area contributed by atoms with Crippen molar-refractivity contribution in [3.8, 4) is 12.3 Å². The first-order valence-corrected chi connectivity index (χ1v) is 13.1. The van der Waals surface area contributed by atoms with Gasteiger partial charge in [0.2, 0.25) is 11.8 Å². The minimum atomic E-state index is -0.663. The average molecular weight is 509 g/mol. The molecule has 0 bridgehead atoms.